The van der Waals surface area contributed by atoms with Crippen molar-refractivity contribution in [2.45, 2.75) is 12.6 Å². The molecule has 0 aliphatic carbocycles. The van der Waals surface area contributed by atoms with Crippen LogP contribution in [0.1, 0.15) is 5.56 Å². The SMILES string of the molecule is O=C(NCc1cccc(F)c1)NCC(O)COc1ccc(F)cc1. The highest BCUT2D eigenvalue weighted by atomic mass is 19.1. The maximum absolute atomic E-state index is 13.0. The van der Waals surface area contributed by atoms with Gasteiger partial charge >= 0.3 is 6.03 Å². The molecule has 7 heteroatoms. The zero-order chi connectivity index (χ0) is 17.4. The van der Waals surface area contributed by atoms with Gasteiger partial charge in [-0.3, -0.25) is 0 Å². The molecule has 5 nitrogen and oxygen atoms in total. The Balaban J connectivity index is 1.64. The molecular formula is C17H18F2N2O3. The lowest BCUT2D eigenvalue weighted by Gasteiger charge is -2.14. The topological polar surface area (TPSA) is 70.6 Å². The van der Waals surface area contributed by atoms with E-state index in [1.54, 1.807) is 12.1 Å². The van der Waals surface area contributed by atoms with Gasteiger partial charge in [0.05, 0.1) is 0 Å². The van der Waals surface area contributed by atoms with E-state index in [1.807, 2.05) is 0 Å². The lowest BCUT2D eigenvalue weighted by atomic mass is 10.2. The largest absolute Gasteiger partial charge is 0.491 e. The number of amides is 2. The normalized spacial score (nSPS) is 11.6. The first-order valence-electron chi connectivity index (χ1n) is 7.35. The van der Waals surface area contributed by atoms with Crippen molar-refractivity contribution in [1.29, 1.82) is 0 Å². The summed E-state index contributed by atoms with van der Waals surface area (Å²) in [6.45, 7) is 0.109. The predicted molar refractivity (Wildman–Crippen MR) is 84.5 cm³/mol. The lowest BCUT2D eigenvalue weighted by Crippen LogP contribution is -2.41. The minimum atomic E-state index is -0.921. The van der Waals surface area contributed by atoms with E-state index in [4.69, 9.17) is 4.74 Å². The molecule has 2 rings (SSSR count). The van der Waals surface area contributed by atoms with Crippen LogP contribution in [0.2, 0.25) is 0 Å². The van der Waals surface area contributed by atoms with E-state index >= 15 is 0 Å². The molecule has 0 aliphatic heterocycles. The van der Waals surface area contributed by atoms with Gasteiger partial charge in [-0.1, -0.05) is 12.1 Å². The van der Waals surface area contributed by atoms with E-state index < -0.39 is 12.1 Å². The molecule has 1 atom stereocenters. The third kappa shape index (κ3) is 6.21. The standard InChI is InChI=1S/C17H18F2N2O3/c18-13-4-6-16(7-5-13)24-11-15(22)10-21-17(23)20-9-12-2-1-3-14(19)8-12/h1-8,15,22H,9-11H2,(H2,20,21,23). The van der Waals surface area contributed by atoms with Crippen molar-refractivity contribution >= 4 is 6.03 Å². The summed E-state index contributed by atoms with van der Waals surface area (Å²) in [6.07, 6.45) is -0.921. The molecule has 0 saturated heterocycles. The van der Waals surface area contributed by atoms with Crippen LogP contribution in [-0.2, 0) is 6.54 Å². The number of hydrogen-bond acceptors (Lipinski definition) is 3. The first-order valence-corrected chi connectivity index (χ1v) is 7.35. The van der Waals surface area contributed by atoms with Gasteiger partial charge < -0.3 is 20.5 Å². The summed E-state index contributed by atoms with van der Waals surface area (Å²) in [6, 6.07) is 10.8. The van der Waals surface area contributed by atoms with Gasteiger partial charge in [-0.2, -0.15) is 0 Å². The fourth-order valence-electron chi connectivity index (χ4n) is 1.88. The van der Waals surface area contributed by atoms with Crippen molar-refractivity contribution in [3.05, 3.63) is 65.7 Å². The quantitative estimate of drug-likeness (QED) is 0.726. The Kier molecular flexibility index (Phi) is 6.51. The fraction of sp³-hybridized carbons (Fsp3) is 0.235. The van der Waals surface area contributed by atoms with Crippen LogP contribution in [0.25, 0.3) is 0 Å². The van der Waals surface area contributed by atoms with Gasteiger partial charge in [0.15, 0.2) is 0 Å². The summed E-state index contributed by atoms with van der Waals surface area (Å²) in [5.74, 6) is -0.325. The number of nitrogens with one attached hydrogen (secondary N) is 2. The van der Waals surface area contributed by atoms with Gasteiger partial charge in [-0.05, 0) is 42.0 Å². The highest BCUT2D eigenvalue weighted by molar-refractivity contribution is 5.73. The minimum Gasteiger partial charge on any atom is -0.491 e. The molecule has 0 saturated carbocycles. The zero-order valence-electron chi connectivity index (χ0n) is 12.8. The second-order valence-electron chi connectivity index (χ2n) is 5.11. The van der Waals surface area contributed by atoms with Gasteiger partial charge in [0.25, 0.3) is 0 Å². The molecule has 2 aromatic carbocycles. The van der Waals surface area contributed by atoms with E-state index in [-0.39, 0.29) is 31.3 Å². The molecule has 24 heavy (non-hydrogen) atoms. The van der Waals surface area contributed by atoms with E-state index in [0.29, 0.717) is 11.3 Å². The second-order valence-corrected chi connectivity index (χ2v) is 5.11. The Morgan fingerprint density at radius 2 is 1.83 bits per heavy atom. The number of carbonyl (C=O) groups is 1. The van der Waals surface area contributed by atoms with Crippen LogP contribution in [0.15, 0.2) is 48.5 Å². The summed E-state index contributed by atoms with van der Waals surface area (Å²) in [5.41, 5.74) is 0.630. The van der Waals surface area contributed by atoms with Crippen molar-refractivity contribution in [3.63, 3.8) is 0 Å². The average Bonchev–Trinajstić information content (AvgIpc) is 2.57. The molecule has 0 bridgehead atoms. The van der Waals surface area contributed by atoms with Crippen LogP contribution >= 0.6 is 0 Å². The van der Waals surface area contributed by atoms with Crippen LogP contribution in [-0.4, -0.2) is 30.4 Å². The second kappa shape index (κ2) is 8.83. The molecule has 2 aromatic rings. The average molecular weight is 336 g/mol. The predicted octanol–water partition coefficient (Wildman–Crippen LogP) is 2.20. The smallest absolute Gasteiger partial charge is 0.315 e. The number of hydrogen-bond donors (Lipinski definition) is 3. The van der Waals surface area contributed by atoms with E-state index in [1.165, 1.54) is 36.4 Å². The van der Waals surface area contributed by atoms with Crippen LogP contribution in [0.5, 0.6) is 5.75 Å². The Morgan fingerprint density at radius 3 is 2.54 bits per heavy atom. The van der Waals surface area contributed by atoms with Crippen LogP contribution in [0, 0.1) is 11.6 Å². The molecule has 0 radical (unpaired) electrons. The Morgan fingerprint density at radius 1 is 1.08 bits per heavy atom. The Bertz CT molecular complexity index is 665. The van der Waals surface area contributed by atoms with E-state index in [9.17, 15) is 18.7 Å². The van der Waals surface area contributed by atoms with Crippen LogP contribution in [0.4, 0.5) is 13.6 Å². The van der Waals surface area contributed by atoms with Gasteiger partial charge in [-0.15, -0.1) is 0 Å². The lowest BCUT2D eigenvalue weighted by molar-refractivity contribution is 0.108. The molecule has 3 N–H and O–H groups in total. The minimum absolute atomic E-state index is 0.0177. The van der Waals surface area contributed by atoms with Crippen LogP contribution in [0.3, 0.4) is 0 Å². The molecule has 0 aliphatic rings. The summed E-state index contributed by atoms with van der Waals surface area (Å²) in [4.78, 5) is 11.6. The molecule has 0 fully saturated rings. The van der Waals surface area contributed by atoms with Crippen molar-refractivity contribution in [1.82, 2.24) is 10.6 Å². The molecule has 0 aromatic heterocycles. The third-order valence-electron chi connectivity index (χ3n) is 3.10. The molecular weight excluding hydrogens is 318 g/mol. The number of carbonyl (C=O) groups excluding carboxylic acids is 1. The molecule has 1 unspecified atom stereocenters. The molecule has 0 heterocycles. The van der Waals surface area contributed by atoms with Crippen molar-refractivity contribution in [2.75, 3.05) is 13.2 Å². The highest BCUT2D eigenvalue weighted by Crippen LogP contribution is 2.11. The number of rotatable bonds is 7. The Labute approximate surface area is 138 Å². The number of ether oxygens (including phenoxy) is 1. The monoisotopic (exact) mass is 336 g/mol. The number of aliphatic hydroxyl groups is 1. The van der Waals surface area contributed by atoms with Crippen molar-refractivity contribution in [3.8, 4) is 5.75 Å². The van der Waals surface area contributed by atoms with Gasteiger partial charge in [0, 0.05) is 13.1 Å². The fourth-order valence-corrected chi connectivity index (χ4v) is 1.88. The van der Waals surface area contributed by atoms with Gasteiger partial charge in [0.1, 0.15) is 30.1 Å². The first-order chi connectivity index (χ1) is 11.5. The third-order valence-corrected chi connectivity index (χ3v) is 3.10. The van der Waals surface area contributed by atoms with Crippen molar-refractivity contribution < 1.29 is 23.4 Å². The van der Waals surface area contributed by atoms with Crippen LogP contribution < -0.4 is 15.4 Å². The summed E-state index contributed by atoms with van der Waals surface area (Å²) in [5, 5.41) is 14.8. The Hall–Kier alpha value is -2.67. The molecule has 0 spiro atoms. The van der Waals surface area contributed by atoms with E-state index in [2.05, 4.69) is 10.6 Å². The van der Waals surface area contributed by atoms with E-state index in [0.717, 1.165) is 0 Å². The maximum atomic E-state index is 13.0. The first kappa shape index (κ1) is 17.7. The number of benzene rings is 2. The highest BCUT2D eigenvalue weighted by Gasteiger charge is 2.08. The summed E-state index contributed by atoms with van der Waals surface area (Å²) >= 11 is 0. The maximum Gasteiger partial charge on any atom is 0.315 e. The number of aliphatic hydroxyl groups excluding tert-OH is 1. The zero-order valence-corrected chi connectivity index (χ0v) is 12.8. The molecule has 2 amide bonds. The molecule has 128 valence electrons. The van der Waals surface area contributed by atoms with Crippen molar-refractivity contribution in [2.24, 2.45) is 0 Å². The van der Waals surface area contributed by atoms with Gasteiger partial charge in [-0.25, -0.2) is 13.6 Å². The summed E-state index contributed by atoms with van der Waals surface area (Å²) < 4.78 is 31.0. The van der Waals surface area contributed by atoms with Gasteiger partial charge in [0.2, 0.25) is 0 Å². The number of urea groups is 1. The summed E-state index contributed by atoms with van der Waals surface area (Å²) in [7, 11) is 0. The number of halogens is 2.